The van der Waals surface area contributed by atoms with Gasteiger partial charge in [0, 0.05) is 63.5 Å². The van der Waals surface area contributed by atoms with Crippen LogP contribution in [0.15, 0.2) is 49.3 Å². The molecule has 2 aromatic carbocycles. The molecule has 1 unspecified atom stereocenters. The van der Waals surface area contributed by atoms with Gasteiger partial charge in [-0.15, -0.1) is 6.58 Å². The maximum Gasteiger partial charge on any atom is 0.145 e. The first-order valence-electron chi connectivity index (χ1n) is 13.0. The lowest BCUT2D eigenvalue weighted by atomic mass is 10.2. The number of benzene rings is 2. The minimum atomic E-state index is -0.480. The van der Waals surface area contributed by atoms with Crippen LogP contribution in [0, 0.1) is 5.82 Å². The van der Waals surface area contributed by atoms with E-state index < -0.39 is 5.82 Å². The molecule has 1 aromatic heterocycles. The van der Waals surface area contributed by atoms with E-state index in [0.717, 1.165) is 52.1 Å². The summed E-state index contributed by atoms with van der Waals surface area (Å²) in [7, 11) is 0. The van der Waals surface area contributed by atoms with Gasteiger partial charge in [-0.3, -0.25) is 4.90 Å². The number of nitrogens with one attached hydrogen (secondary N) is 1. The molecule has 0 spiro atoms. The van der Waals surface area contributed by atoms with Crippen LogP contribution in [0.5, 0.6) is 11.5 Å². The Morgan fingerprint density at radius 1 is 1.16 bits per heavy atom. The number of fused-ring (bicyclic) bond motifs is 1. The van der Waals surface area contributed by atoms with E-state index in [-0.39, 0.29) is 11.1 Å². The Bertz CT molecular complexity index is 1250. The molecule has 38 heavy (non-hydrogen) atoms. The standard InChI is InChI=1S/C28H33ClFN5O3/c1-2-7-34-9-11-35(12-10-34)8-3-13-37-22-16-25-27(26(17-22)38-21-6-14-36-18-21)28(32-19-31-25)33-20-4-5-24(30)23(29)15-20/h2,4-5,15-17,19,21H,1,3,6-14,18H2,(H,31,32,33). The van der Waals surface area contributed by atoms with Crippen LogP contribution >= 0.6 is 11.6 Å². The van der Waals surface area contributed by atoms with Crippen LogP contribution in [0.25, 0.3) is 10.9 Å². The lowest BCUT2D eigenvalue weighted by molar-refractivity contribution is 0.135. The van der Waals surface area contributed by atoms with E-state index in [2.05, 4.69) is 31.7 Å². The second-order valence-corrected chi connectivity index (χ2v) is 9.94. The van der Waals surface area contributed by atoms with Gasteiger partial charge in [-0.1, -0.05) is 17.7 Å². The van der Waals surface area contributed by atoms with Gasteiger partial charge in [-0.25, -0.2) is 14.4 Å². The Labute approximate surface area is 227 Å². The van der Waals surface area contributed by atoms with Gasteiger partial charge in [0.1, 0.15) is 35.6 Å². The maximum absolute atomic E-state index is 13.7. The van der Waals surface area contributed by atoms with E-state index in [0.29, 0.717) is 53.7 Å². The molecule has 1 N–H and O–H groups in total. The Kier molecular flexibility index (Phi) is 8.90. The van der Waals surface area contributed by atoms with E-state index in [1.807, 2.05) is 18.2 Å². The zero-order valence-corrected chi connectivity index (χ0v) is 22.1. The fraction of sp³-hybridized carbons (Fsp3) is 0.429. The van der Waals surface area contributed by atoms with E-state index in [4.69, 9.17) is 25.8 Å². The number of hydrogen-bond acceptors (Lipinski definition) is 8. The highest BCUT2D eigenvalue weighted by Crippen LogP contribution is 2.37. The number of nitrogens with zero attached hydrogens (tertiary/aromatic N) is 4. The lowest BCUT2D eigenvalue weighted by Crippen LogP contribution is -2.46. The number of piperazine rings is 1. The molecule has 5 rings (SSSR count). The molecular formula is C28H33ClFN5O3. The largest absolute Gasteiger partial charge is 0.493 e. The first-order valence-corrected chi connectivity index (χ1v) is 13.4. The Hall–Kier alpha value is -2.98. The summed E-state index contributed by atoms with van der Waals surface area (Å²) < 4.78 is 31.7. The molecule has 8 nitrogen and oxygen atoms in total. The lowest BCUT2D eigenvalue weighted by Gasteiger charge is -2.34. The summed E-state index contributed by atoms with van der Waals surface area (Å²) in [6.45, 7) is 11.8. The number of hydrogen-bond donors (Lipinski definition) is 1. The van der Waals surface area contributed by atoms with Gasteiger partial charge >= 0.3 is 0 Å². The fourth-order valence-corrected chi connectivity index (χ4v) is 4.93. The first kappa shape index (κ1) is 26.6. The monoisotopic (exact) mass is 541 g/mol. The molecule has 2 aliphatic rings. The summed E-state index contributed by atoms with van der Waals surface area (Å²) >= 11 is 5.98. The molecule has 2 fully saturated rings. The molecule has 1 atom stereocenters. The quantitative estimate of drug-likeness (QED) is 0.271. The van der Waals surface area contributed by atoms with Gasteiger partial charge in [-0.2, -0.15) is 0 Å². The predicted molar refractivity (Wildman–Crippen MR) is 147 cm³/mol. The Balaban J connectivity index is 1.29. The summed E-state index contributed by atoms with van der Waals surface area (Å²) in [5, 5.41) is 3.97. The molecule has 0 aliphatic carbocycles. The molecule has 0 radical (unpaired) electrons. The number of ether oxygens (including phenoxy) is 3. The SMILES string of the molecule is C=CCN1CCN(CCCOc2cc(OC3CCOC3)c3c(Nc4ccc(F)c(Cl)c4)ncnc3c2)CC1. The van der Waals surface area contributed by atoms with Crippen molar-refractivity contribution in [2.45, 2.75) is 18.9 Å². The molecule has 3 aromatic rings. The average Bonchev–Trinajstić information content (AvgIpc) is 3.43. The molecule has 3 heterocycles. The molecule has 2 aliphatic heterocycles. The van der Waals surface area contributed by atoms with Crippen LogP contribution in [0.3, 0.4) is 0 Å². The summed E-state index contributed by atoms with van der Waals surface area (Å²) in [6.07, 6.45) is 5.10. The van der Waals surface area contributed by atoms with Crippen LogP contribution in [0.1, 0.15) is 12.8 Å². The smallest absolute Gasteiger partial charge is 0.145 e. The molecule has 0 amide bonds. The second-order valence-electron chi connectivity index (χ2n) is 9.53. The van der Waals surface area contributed by atoms with E-state index in [1.54, 1.807) is 6.07 Å². The molecule has 0 bridgehead atoms. The topological polar surface area (TPSA) is 72.0 Å². The minimum Gasteiger partial charge on any atom is -0.493 e. The van der Waals surface area contributed by atoms with Crippen molar-refractivity contribution in [3.8, 4) is 11.5 Å². The van der Waals surface area contributed by atoms with E-state index in [9.17, 15) is 4.39 Å². The van der Waals surface area contributed by atoms with Crippen LogP contribution in [-0.2, 0) is 4.74 Å². The Morgan fingerprint density at radius 2 is 2.00 bits per heavy atom. The van der Waals surface area contributed by atoms with Gasteiger partial charge in [-0.05, 0) is 24.6 Å². The Morgan fingerprint density at radius 3 is 2.76 bits per heavy atom. The van der Waals surface area contributed by atoms with Gasteiger partial charge in [0.2, 0.25) is 0 Å². The van der Waals surface area contributed by atoms with Crippen molar-refractivity contribution in [3.63, 3.8) is 0 Å². The molecular weight excluding hydrogens is 509 g/mol. The summed E-state index contributed by atoms with van der Waals surface area (Å²) in [5.74, 6) is 1.36. The molecule has 202 valence electrons. The third-order valence-electron chi connectivity index (χ3n) is 6.78. The van der Waals surface area contributed by atoms with Crippen molar-refractivity contribution < 1.29 is 18.6 Å². The van der Waals surface area contributed by atoms with Gasteiger partial charge in [0.25, 0.3) is 0 Å². The van der Waals surface area contributed by atoms with Crippen LogP contribution in [0.4, 0.5) is 15.9 Å². The summed E-state index contributed by atoms with van der Waals surface area (Å²) in [5.41, 5.74) is 1.29. The van der Waals surface area contributed by atoms with E-state index >= 15 is 0 Å². The average molecular weight is 542 g/mol. The van der Waals surface area contributed by atoms with Gasteiger partial charge in [0.05, 0.1) is 35.7 Å². The number of aromatic nitrogens is 2. The summed E-state index contributed by atoms with van der Waals surface area (Å²) in [4.78, 5) is 13.8. The number of rotatable bonds is 11. The molecule has 0 saturated carbocycles. The van der Waals surface area contributed by atoms with Crippen molar-refractivity contribution in [2.24, 2.45) is 0 Å². The fourth-order valence-electron chi connectivity index (χ4n) is 4.75. The van der Waals surface area contributed by atoms with E-state index in [1.165, 1.54) is 18.5 Å². The highest BCUT2D eigenvalue weighted by Gasteiger charge is 2.21. The van der Waals surface area contributed by atoms with Crippen molar-refractivity contribution in [2.75, 3.05) is 64.4 Å². The van der Waals surface area contributed by atoms with Gasteiger partial charge in [0.15, 0.2) is 0 Å². The van der Waals surface area contributed by atoms with Crippen LogP contribution in [0.2, 0.25) is 5.02 Å². The van der Waals surface area contributed by atoms with Crippen molar-refractivity contribution in [3.05, 3.63) is 60.2 Å². The normalized spacial score (nSPS) is 18.5. The van der Waals surface area contributed by atoms with Gasteiger partial charge < -0.3 is 24.4 Å². The van der Waals surface area contributed by atoms with Crippen LogP contribution < -0.4 is 14.8 Å². The first-order chi connectivity index (χ1) is 18.6. The third kappa shape index (κ3) is 6.71. The summed E-state index contributed by atoms with van der Waals surface area (Å²) in [6, 6.07) is 8.23. The highest BCUT2D eigenvalue weighted by molar-refractivity contribution is 6.31. The molecule has 10 heteroatoms. The highest BCUT2D eigenvalue weighted by atomic mass is 35.5. The van der Waals surface area contributed by atoms with Crippen molar-refractivity contribution in [1.82, 2.24) is 19.8 Å². The number of halogens is 2. The predicted octanol–water partition coefficient (Wildman–Crippen LogP) is 4.91. The zero-order valence-electron chi connectivity index (χ0n) is 21.4. The third-order valence-corrected chi connectivity index (χ3v) is 7.07. The minimum absolute atomic E-state index is 0.0299. The van der Waals surface area contributed by atoms with Crippen molar-refractivity contribution >= 4 is 34.0 Å². The van der Waals surface area contributed by atoms with Crippen LogP contribution in [-0.4, -0.2) is 85.0 Å². The van der Waals surface area contributed by atoms with Crippen molar-refractivity contribution in [1.29, 1.82) is 0 Å². The number of anilines is 2. The zero-order chi connectivity index (χ0) is 26.3. The molecule has 2 saturated heterocycles. The maximum atomic E-state index is 13.7. The second kappa shape index (κ2) is 12.7.